The van der Waals surface area contributed by atoms with E-state index in [1.807, 2.05) is 58.9 Å². The number of carboxylic acids is 1. The van der Waals surface area contributed by atoms with Gasteiger partial charge in [-0.25, -0.2) is 9.59 Å². The topological polar surface area (TPSA) is 105 Å². The first-order valence-corrected chi connectivity index (χ1v) is 12.1. The van der Waals surface area contributed by atoms with Crippen LogP contribution in [0.2, 0.25) is 0 Å². The van der Waals surface area contributed by atoms with Crippen molar-refractivity contribution < 1.29 is 24.2 Å². The number of benzene rings is 2. The second-order valence-electron chi connectivity index (χ2n) is 10.7. The summed E-state index contributed by atoms with van der Waals surface area (Å²) in [6.45, 7) is 9.72. The van der Waals surface area contributed by atoms with Crippen LogP contribution < -0.4 is 10.6 Å². The molecule has 188 valence electrons. The lowest BCUT2D eigenvalue weighted by atomic mass is 9.84. The first-order chi connectivity index (χ1) is 16.5. The van der Waals surface area contributed by atoms with Gasteiger partial charge < -0.3 is 20.5 Å². The number of aliphatic carboxylic acids is 1. The van der Waals surface area contributed by atoms with Gasteiger partial charge in [0.1, 0.15) is 12.6 Å². The molecule has 0 heterocycles. The van der Waals surface area contributed by atoms with Crippen molar-refractivity contribution >= 4 is 18.0 Å². The minimum absolute atomic E-state index is 0.0461. The van der Waals surface area contributed by atoms with Crippen LogP contribution in [0.1, 0.15) is 64.5 Å². The molecule has 1 unspecified atom stereocenters. The van der Waals surface area contributed by atoms with E-state index in [4.69, 9.17) is 4.74 Å². The van der Waals surface area contributed by atoms with Gasteiger partial charge in [-0.3, -0.25) is 4.79 Å². The van der Waals surface area contributed by atoms with Gasteiger partial charge in [-0.15, -0.1) is 0 Å². The standard InChI is InChI=1S/C28H36N2O5/c1-17(2)14-23(26(32)33)29-25(31)15-24(28(3,4)5)30-27(34)35-16-22-20-12-8-6-10-18(20)19-11-7-9-13-21(19)22/h6-13,17,22-24H,14-16H2,1-5H3,(H,29,31)(H,30,34)(H,32,33)/t23-,24?/m1/s1. The molecular formula is C28H36N2O5. The first-order valence-electron chi connectivity index (χ1n) is 12.1. The van der Waals surface area contributed by atoms with Gasteiger partial charge in [-0.1, -0.05) is 83.1 Å². The van der Waals surface area contributed by atoms with E-state index in [2.05, 4.69) is 34.9 Å². The predicted molar refractivity (Wildman–Crippen MR) is 135 cm³/mol. The van der Waals surface area contributed by atoms with E-state index in [0.717, 1.165) is 22.3 Å². The number of ether oxygens (including phenoxy) is 1. The maximum Gasteiger partial charge on any atom is 0.407 e. The van der Waals surface area contributed by atoms with Crippen LogP contribution >= 0.6 is 0 Å². The number of nitrogens with one attached hydrogen (secondary N) is 2. The van der Waals surface area contributed by atoms with Crippen molar-refractivity contribution in [1.29, 1.82) is 0 Å². The van der Waals surface area contributed by atoms with Crippen molar-refractivity contribution in [2.45, 2.75) is 65.5 Å². The van der Waals surface area contributed by atoms with Crippen molar-refractivity contribution in [3.05, 3.63) is 59.7 Å². The molecule has 35 heavy (non-hydrogen) atoms. The van der Waals surface area contributed by atoms with Crippen LogP contribution in [0.4, 0.5) is 4.79 Å². The van der Waals surface area contributed by atoms with Crippen LogP contribution in [0.15, 0.2) is 48.5 Å². The summed E-state index contributed by atoms with van der Waals surface area (Å²) in [5, 5.41) is 14.8. The zero-order valence-electron chi connectivity index (χ0n) is 21.1. The van der Waals surface area contributed by atoms with E-state index in [1.54, 1.807) is 0 Å². The summed E-state index contributed by atoms with van der Waals surface area (Å²) in [7, 11) is 0. The lowest BCUT2D eigenvalue weighted by molar-refractivity contribution is -0.142. The number of alkyl carbamates (subject to hydrolysis) is 1. The van der Waals surface area contributed by atoms with Gasteiger partial charge in [0.15, 0.2) is 0 Å². The third-order valence-electron chi connectivity index (χ3n) is 6.41. The summed E-state index contributed by atoms with van der Waals surface area (Å²) < 4.78 is 5.64. The zero-order valence-corrected chi connectivity index (χ0v) is 21.1. The second-order valence-corrected chi connectivity index (χ2v) is 10.7. The average molecular weight is 481 g/mol. The van der Waals surface area contributed by atoms with E-state index in [0.29, 0.717) is 6.42 Å². The number of carbonyl (C=O) groups is 3. The molecule has 2 amide bonds. The lowest BCUT2D eigenvalue weighted by Crippen LogP contribution is -2.49. The fourth-order valence-corrected chi connectivity index (χ4v) is 4.49. The van der Waals surface area contributed by atoms with E-state index >= 15 is 0 Å². The Morgan fingerprint density at radius 2 is 1.49 bits per heavy atom. The fourth-order valence-electron chi connectivity index (χ4n) is 4.49. The molecular weight excluding hydrogens is 444 g/mol. The normalized spacial score (nSPS) is 14.6. The molecule has 7 heteroatoms. The van der Waals surface area contributed by atoms with Gasteiger partial charge in [-0.05, 0) is 40.0 Å². The molecule has 0 aliphatic heterocycles. The Kier molecular flexibility index (Phi) is 8.20. The molecule has 0 saturated carbocycles. The van der Waals surface area contributed by atoms with Crippen molar-refractivity contribution in [3.8, 4) is 11.1 Å². The fraction of sp³-hybridized carbons (Fsp3) is 0.464. The van der Waals surface area contributed by atoms with Crippen LogP contribution in [0.3, 0.4) is 0 Å². The van der Waals surface area contributed by atoms with E-state index in [1.165, 1.54) is 0 Å². The lowest BCUT2D eigenvalue weighted by Gasteiger charge is -2.31. The second kappa shape index (κ2) is 10.9. The van der Waals surface area contributed by atoms with E-state index in [9.17, 15) is 19.5 Å². The van der Waals surface area contributed by atoms with Crippen molar-refractivity contribution in [2.24, 2.45) is 11.3 Å². The molecule has 2 aromatic rings. The Hall–Kier alpha value is -3.35. The number of rotatable bonds is 9. The Morgan fingerprint density at radius 1 is 0.943 bits per heavy atom. The molecule has 0 spiro atoms. The first kappa shape index (κ1) is 26.3. The number of carbonyl (C=O) groups excluding carboxylic acids is 2. The third kappa shape index (κ3) is 6.62. The van der Waals surface area contributed by atoms with Crippen molar-refractivity contribution in [1.82, 2.24) is 10.6 Å². The Bertz CT molecular complexity index is 1030. The molecule has 7 nitrogen and oxygen atoms in total. The summed E-state index contributed by atoms with van der Waals surface area (Å²) in [5.74, 6) is -1.42. The van der Waals surface area contributed by atoms with Gasteiger partial charge in [-0.2, -0.15) is 0 Å². The minimum Gasteiger partial charge on any atom is -0.480 e. The number of hydrogen-bond acceptors (Lipinski definition) is 4. The highest BCUT2D eigenvalue weighted by Crippen LogP contribution is 2.44. The van der Waals surface area contributed by atoms with Gasteiger partial charge in [0, 0.05) is 18.4 Å². The Balaban J connectivity index is 1.64. The SMILES string of the molecule is CC(C)C[C@@H](NC(=O)CC(NC(=O)OCC1c2ccccc2-c2ccccc21)C(C)(C)C)C(=O)O. The quantitative estimate of drug-likeness (QED) is 0.471. The number of amides is 2. The summed E-state index contributed by atoms with van der Waals surface area (Å²) in [5.41, 5.74) is 4.10. The van der Waals surface area contributed by atoms with Gasteiger partial charge in [0.05, 0.1) is 0 Å². The average Bonchev–Trinajstić information content (AvgIpc) is 3.09. The monoisotopic (exact) mass is 480 g/mol. The van der Waals surface area contributed by atoms with Crippen LogP contribution in [0.5, 0.6) is 0 Å². The van der Waals surface area contributed by atoms with Gasteiger partial charge >= 0.3 is 12.1 Å². The summed E-state index contributed by atoms with van der Waals surface area (Å²) in [6.07, 6.45) is -0.312. The largest absolute Gasteiger partial charge is 0.480 e. The van der Waals surface area contributed by atoms with Crippen molar-refractivity contribution in [2.75, 3.05) is 6.61 Å². The molecule has 0 saturated heterocycles. The van der Waals surface area contributed by atoms with Crippen LogP contribution in [-0.4, -0.2) is 41.8 Å². The Labute approximate surface area is 207 Å². The van der Waals surface area contributed by atoms with Crippen LogP contribution in [0, 0.1) is 11.3 Å². The molecule has 0 radical (unpaired) electrons. The predicted octanol–water partition coefficient (Wildman–Crippen LogP) is 4.95. The molecule has 0 bridgehead atoms. The highest BCUT2D eigenvalue weighted by molar-refractivity contribution is 5.84. The summed E-state index contributed by atoms with van der Waals surface area (Å²) in [4.78, 5) is 36.9. The Morgan fingerprint density at radius 3 is 1.97 bits per heavy atom. The maximum atomic E-state index is 12.8. The smallest absolute Gasteiger partial charge is 0.407 e. The van der Waals surface area contributed by atoms with Gasteiger partial charge in [0.2, 0.25) is 5.91 Å². The van der Waals surface area contributed by atoms with E-state index < -0.39 is 35.5 Å². The highest BCUT2D eigenvalue weighted by atomic mass is 16.5. The van der Waals surface area contributed by atoms with E-state index in [-0.39, 0.29) is 24.9 Å². The number of fused-ring (bicyclic) bond motifs is 3. The molecule has 2 aromatic carbocycles. The highest BCUT2D eigenvalue weighted by Gasteiger charge is 2.32. The molecule has 0 fully saturated rings. The molecule has 2 atom stereocenters. The van der Waals surface area contributed by atoms with Gasteiger partial charge in [0.25, 0.3) is 0 Å². The summed E-state index contributed by atoms with van der Waals surface area (Å²) in [6, 6.07) is 14.7. The van der Waals surface area contributed by atoms with Crippen LogP contribution in [-0.2, 0) is 14.3 Å². The van der Waals surface area contributed by atoms with Crippen molar-refractivity contribution in [3.63, 3.8) is 0 Å². The van der Waals surface area contributed by atoms with Crippen LogP contribution in [0.25, 0.3) is 11.1 Å². The third-order valence-corrected chi connectivity index (χ3v) is 6.41. The number of hydrogen-bond donors (Lipinski definition) is 3. The maximum absolute atomic E-state index is 12.8. The molecule has 3 N–H and O–H groups in total. The molecule has 0 aromatic heterocycles. The zero-order chi connectivity index (χ0) is 25.8. The molecule has 1 aliphatic carbocycles. The number of carboxylic acid groups (broad SMARTS) is 1. The molecule has 1 aliphatic rings. The molecule has 3 rings (SSSR count). The minimum atomic E-state index is -1.07. The summed E-state index contributed by atoms with van der Waals surface area (Å²) >= 11 is 0.